The average molecular weight is 347 g/mol. The number of nitrogens with one attached hydrogen (secondary N) is 1. The lowest BCUT2D eigenvalue weighted by Crippen LogP contribution is -2.28. The van der Waals surface area contributed by atoms with Crippen LogP contribution in [0, 0.1) is 13.8 Å². The van der Waals surface area contributed by atoms with Gasteiger partial charge in [0.15, 0.2) is 0 Å². The maximum atomic E-state index is 12.5. The molecular formula is C18H23ClN4O. The molecule has 2 aromatic rings. The highest BCUT2D eigenvalue weighted by Gasteiger charge is 2.15. The summed E-state index contributed by atoms with van der Waals surface area (Å²) in [6.07, 6.45) is 2.01. The van der Waals surface area contributed by atoms with Gasteiger partial charge in [0.05, 0.1) is 0 Å². The van der Waals surface area contributed by atoms with Crippen molar-refractivity contribution in [2.24, 2.45) is 0 Å². The maximum absolute atomic E-state index is 12.5. The van der Waals surface area contributed by atoms with Crippen LogP contribution in [0.5, 0.6) is 0 Å². The number of unbranched alkanes of at least 4 members (excludes halogenated alkanes) is 1. The number of aryl methyl sites for hydroxylation is 2. The number of benzene rings is 1. The molecule has 2 rings (SSSR count). The van der Waals surface area contributed by atoms with Crippen LogP contribution in [0.3, 0.4) is 0 Å². The lowest BCUT2D eigenvalue weighted by atomic mass is 10.2. The third-order valence-electron chi connectivity index (χ3n) is 3.70. The second kappa shape index (κ2) is 8.11. The fraction of sp³-hybridized carbons (Fsp3) is 0.389. The quantitative estimate of drug-likeness (QED) is 0.844. The summed E-state index contributed by atoms with van der Waals surface area (Å²) >= 11 is 6.15. The summed E-state index contributed by atoms with van der Waals surface area (Å²) in [5.74, 6) is 1.03. The van der Waals surface area contributed by atoms with Crippen LogP contribution >= 0.6 is 11.6 Å². The van der Waals surface area contributed by atoms with E-state index in [4.69, 9.17) is 11.6 Å². The van der Waals surface area contributed by atoms with E-state index in [1.54, 1.807) is 24.9 Å². The summed E-state index contributed by atoms with van der Waals surface area (Å²) in [4.78, 5) is 22.8. The first-order valence-electron chi connectivity index (χ1n) is 8.05. The van der Waals surface area contributed by atoms with Crippen LogP contribution in [-0.2, 0) is 0 Å². The predicted molar refractivity (Wildman–Crippen MR) is 98.1 cm³/mol. The van der Waals surface area contributed by atoms with Gasteiger partial charge in [0.1, 0.15) is 17.3 Å². The van der Waals surface area contributed by atoms with E-state index >= 15 is 0 Å². The van der Waals surface area contributed by atoms with Crippen LogP contribution in [0.1, 0.15) is 41.6 Å². The molecule has 0 spiro atoms. The highest BCUT2D eigenvalue weighted by molar-refractivity contribution is 6.31. The number of aromatic nitrogens is 2. The van der Waals surface area contributed by atoms with Gasteiger partial charge in [-0.1, -0.05) is 31.0 Å². The van der Waals surface area contributed by atoms with Crippen molar-refractivity contribution in [2.75, 3.05) is 18.9 Å². The minimum Gasteiger partial charge on any atom is -0.340 e. The summed E-state index contributed by atoms with van der Waals surface area (Å²) in [6, 6.07) is 7.37. The molecule has 6 heteroatoms. The molecule has 1 N–H and O–H groups in total. The number of amides is 1. The summed E-state index contributed by atoms with van der Waals surface area (Å²) in [5, 5.41) is 3.87. The molecule has 0 fully saturated rings. The lowest BCUT2D eigenvalue weighted by Gasteiger charge is -2.17. The number of hydrogen-bond acceptors (Lipinski definition) is 4. The van der Waals surface area contributed by atoms with E-state index in [9.17, 15) is 4.79 Å². The van der Waals surface area contributed by atoms with Gasteiger partial charge in [-0.3, -0.25) is 4.79 Å². The van der Waals surface area contributed by atoms with Crippen molar-refractivity contribution in [1.29, 1.82) is 0 Å². The van der Waals surface area contributed by atoms with Crippen molar-refractivity contribution in [3.05, 3.63) is 46.4 Å². The normalized spacial score (nSPS) is 10.5. The van der Waals surface area contributed by atoms with Crippen molar-refractivity contribution in [3.63, 3.8) is 0 Å². The summed E-state index contributed by atoms with van der Waals surface area (Å²) in [6.45, 7) is 6.54. The van der Waals surface area contributed by atoms with Crippen molar-refractivity contribution >= 4 is 29.0 Å². The topological polar surface area (TPSA) is 58.1 Å². The zero-order chi connectivity index (χ0) is 17.7. The van der Waals surface area contributed by atoms with E-state index < -0.39 is 0 Å². The molecule has 0 aliphatic rings. The maximum Gasteiger partial charge on any atom is 0.272 e. The largest absolute Gasteiger partial charge is 0.340 e. The Morgan fingerprint density at radius 3 is 2.67 bits per heavy atom. The van der Waals surface area contributed by atoms with E-state index in [2.05, 4.69) is 22.2 Å². The number of carbonyl (C=O) groups is 1. The molecule has 0 atom stereocenters. The van der Waals surface area contributed by atoms with Crippen LogP contribution in [0.4, 0.5) is 11.5 Å². The average Bonchev–Trinajstić information content (AvgIpc) is 2.54. The molecule has 5 nitrogen and oxygen atoms in total. The molecular weight excluding hydrogens is 324 g/mol. The van der Waals surface area contributed by atoms with Gasteiger partial charge in [-0.05, 0) is 38.0 Å². The predicted octanol–water partition coefficient (Wildman–Crippen LogP) is 4.36. The molecule has 128 valence electrons. The third-order valence-corrected chi connectivity index (χ3v) is 4.10. The van der Waals surface area contributed by atoms with Crippen LogP contribution < -0.4 is 5.32 Å². The smallest absolute Gasteiger partial charge is 0.272 e. The Bertz CT molecular complexity index is 733. The Morgan fingerprint density at radius 2 is 2.00 bits per heavy atom. The molecule has 0 saturated heterocycles. The molecule has 1 heterocycles. The zero-order valence-electron chi connectivity index (χ0n) is 14.6. The highest BCUT2D eigenvalue weighted by Crippen LogP contribution is 2.23. The SMILES string of the molecule is CCCCN(C)C(=O)c1cc(Nc2ccc(C)c(Cl)c2)nc(C)n1. The Kier molecular flexibility index (Phi) is 6.15. The van der Waals surface area contributed by atoms with Crippen molar-refractivity contribution in [3.8, 4) is 0 Å². The molecule has 0 bridgehead atoms. The molecule has 1 amide bonds. The Hall–Kier alpha value is -2.14. The number of carbonyl (C=O) groups excluding carboxylic acids is 1. The fourth-order valence-electron chi connectivity index (χ4n) is 2.25. The van der Waals surface area contributed by atoms with E-state index in [0.29, 0.717) is 28.9 Å². The fourth-order valence-corrected chi connectivity index (χ4v) is 2.43. The first-order valence-corrected chi connectivity index (χ1v) is 8.43. The van der Waals surface area contributed by atoms with Gasteiger partial charge in [0.2, 0.25) is 0 Å². The van der Waals surface area contributed by atoms with E-state index in [-0.39, 0.29) is 5.91 Å². The number of halogens is 1. The Morgan fingerprint density at radius 1 is 1.25 bits per heavy atom. The molecule has 1 aromatic heterocycles. The lowest BCUT2D eigenvalue weighted by molar-refractivity contribution is 0.0787. The molecule has 1 aromatic carbocycles. The molecule has 0 aliphatic heterocycles. The van der Waals surface area contributed by atoms with Gasteiger partial charge in [-0.2, -0.15) is 0 Å². The monoisotopic (exact) mass is 346 g/mol. The minimum atomic E-state index is -0.0982. The second-order valence-electron chi connectivity index (χ2n) is 5.85. The van der Waals surface area contributed by atoms with Gasteiger partial charge in [-0.25, -0.2) is 9.97 Å². The summed E-state index contributed by atoms with van der Waals surface area (Å²) < 4.78 is 0. The van der Waals surface area contributed by atoms with Crippen molar-refractivity contribution in [1.82, 2.24) is 14.9 Å². The standard InChI is InChI=1S/C18H23ClN4O/c1-5-6-9-23(4)18(24)16-11-17(21-13(3)20-16)22-14-8-7-12(2)15(19)10-14/h7-8,10-11H,5-6,9H2,1-4H3,(H,20,21,22). The molecule has 0 radical (unpaired) electrons. The van der Waals surface area contributed by atoms with Gasteiger partial charge in [0.25, 0.3) is 5.91 Å². The van der Waals surface area contributed by atoms with Gasteiger partial charge in [-0.15, -0.1) is 0 Å². The van der Waals surface area contributed by atoms with Gasteiger partial charge in [0, 0.05) is 30.4 Å². The third kappa shape index (κ3) is 4.68. The van der Waals surface area contributed by atoms with E-state index in [1.807, 2.05) is 25.1 Å². The minimum absolute atomic E-state index is 0.0982. The van der Waals surface area contributed by atoms with Gasteiger partial charge >= 0.3 is 0 Å². The molecule has 0 unspecified atom stereocenters. The zero-order valence-corrected chi connectivity index (χ0v) is 15.3. The molecule has 24 heavy (non-hydrogen) atoms. The first-order chi connectivity index (χ1) is 11.4. The first kappa shape index (κ1) is 18.2. The Labute approximate surface area is 148 Å². The van der Waals surface area contributed by atoms with Crippen molar-refractivity contribution in [2.45, 2.75) is 33.6 Å². The molecule has 0 aliphatic carbocycles. The number of rotatable bonds is 6. The van der Waals surface area contributed by atoms with E-state index in [1.165, 1.54) is 0 Å². The van der Waals surface area contributed by atoms with Crippen LogP contribution in [0.25, 0.3) is 0 Å². The summed E-state index contributed by atoms with van der Waals surface area (Å²) in [5.41, 5.74) is 2.22. The highest BCUT2D eigenvalue weighted by atomic mass is 35.5. The van der Waals surface area contributed by atoms with Crippen LogP contribution in [0.15, 0.2) is 24.3 Å². The van der Waals surface area contributed by atoms with Crippen LogP contribution in [-0.4, -0.2) is 34.4 Å². The molecule has 0 saturated carbocycles. The van der Waals surface area contributed by atoms with Crippen molar-refractivity contribution < 1.29 is 4.79 Å². The van der Waals surface area contributed by atoms with Gasteiger partial charge < -0.3 is 10.2 Å². The second-order valence-corrected chi connectivity index (χ2v) is 6.26. The Balaban J connectivity index is 2.21. The number of nitrogens with zero attached hydrogens (tertiary/aromatic N) is 3. The number of anilines is 2. The summed E-state index contributed by atoms with van der Waals surface area (Å²) in [7, 11) is 1.79. The van der Waals surface area contributed by atoms with Crippen LogP contribution in [0.2, 0.25) is 5.02 Å². The van der Waals surface area contributed by atoms with E-state index in [0.717, 1.165) is 24.1 Å². The number of hydrogen-bond donors (Lipinski definition) is 1.